The van der Waals surface area contributed by atoms with Crippen LogP contribution in [0.15, 0.2) is 0 Å². The first-order chi connectivity index (χ1) is 10.2. The Balaban J connectivity index is 2.71. The monoisotopic (exact) mass is 314 g/mol. The molecule has 1 heterocycles. The molecule has 0 aliphatic carbocycles. The number of amides is 1. The van der Waals surface area contributed by atoms with E-state index in [-0.39, 0.29) is 30.2 Å². The molecular formula is C16H30N2O4. The van der Waals surface area contributed by atoms with E-state index in [4.69, 9.17) is 9.47 Å². The predicted octanol–water partition coefficient (Wildman–Crippen LogP) is 2.32. The summed E-state index contributed by atoms with van der Waals surface area (Å²) in [4.78, 5) is 25.8. The molecule has 0 aromatic rings. The van der Waals surface area contributed by atoms with Gasteiger partial charge in [0.1, 0.15) is 11.6 Å². The molecule has 128 valence electrons. The highest BCUT2D eigenvalue weighted by Crippen LogP contribution is 2.21. The zero-order valence-corrected chi connectivity index (χ0v) is 14.6. The van der Waals surface area contributed by atoms with Gasteiger partial charge in [-0.3, -0.25) is 10.1 Å². The van der Waals surface area contributed by atoms with Crippen LogP contribution in [-0.4, -0.2) is 54.3 Å². The molecule has 0 bridgehead atoms. The Morgan fingerprint density at radius 1 is 1.36 bits per heavy atom. The van der Waals surface area contributed by atoms with E-state index in [0.717, 1.165) is 12.8 Å². The molecule has 6 nitrogen and oxygen atoms in total. The van der Waals surface area contributed by atoms with E-state index in [0.29, 0.717) is 13.0 Å². The Bertz CT molecular complexity index is 392. The van der Waals surface area contributed by atoms with Crippen molar-refractivity contribution in [1.82, 2.24) is 10.2 Å². The van der Waals surface area contributed by atoms with E-state index in [1.54, 1.807) is 4.90 Å². The largest absolute Gasteiger partial charge is 0.468 e. The van der Waals surface area contributed by atoms with Crippen molar-refractivity contribution in [2.75, 3.05) is 13.7 Å². The van der Waals surface area contributed by atoms with Crippen molar-refractivity contribution in [3.8, 4) is 0 Å². The molecule has 0 aromatic carbocycles. The van der Waals surface area contributed by atoms with Crippen molar-refractivity contribution in [3.63, 3.8) is 0 Å². The van der Waals surface area contributed by atoms with Crippen molar-refractivity contribution < 1.29 is 19.1 Å². The number of carbonyl (C=O) groups is 2. The van der Waals surface area contributed by atoms with Crippen LogP contribution in [0.4, 0.5) is 4.79 Å². The number of likely N-dealkylation sites (tertiary alicyclic amines) is 1. The maximum Gasteiger partial charge on any atom is 0.410 e. The van der Waals surface area contributed by atoms with E-state index >= 15 is 0 Å². The first-order valence-electron chi connectivity index (χ1n) is 8.03. The lowest BCUT2D eigenvalue weighted by Crippen LogP contribution is -2.58. The second-order valence-electron chi connectivity index (χ2n) is 6.81. The molecule has 1 aliphatic rings. The van der Waals surface area contributed by atoms with Crippen LogP contribution in [-0.2, 0) is 14.3 Å². The molecule has 3 atom stereocenters. The van der Waals surface area contributed by atoms with E-state index in [2.05, 4.69) is 5.32 Å². The molecule has 3 unspecified atom stereocenters. The van der Waals surface area contributed by atoms with Gasteiger partial charge in [-0.1, -0.05) is 6.92 Å². The first-order valence-corrected chi connectivity index (χ1v) is 8.03. The summed E-state index contributed by atoms with van der Waals surface area (Å²) in [5.74, 6) is -0.260. The van der Waals surface area contributed by atoms with Gasteiger partial charge in [-0.2, -0.15) is 0 Å². The van der Waals surface area contributed by atoms with Crippen LogP contribution in [0.5, 0.6) is 0 Å². The number of ether oxygens (including phenoxy) is 2. The second-order valence-corrected chi connectivity index (χ2v) is 6.81. The van der Waals surface area contributed by atoms with Gasteiger partial charge in [-0.15, -0.1) is 0 Å². The Kier molecular flexibility index (Phi) is 6.66. The SMILES string of the molecule is CCC(NC1CCCN(C(=O)OC(C)(C)C)C1C)C(=O)OC. The highest BCUT2D eigenvalue weighted by Gasteiger charge is 2.35. The fourth-order valence-electron chi connectivity index (χ4n) is 2.70. The average molecular weight is 314 g/mol. The maximum absolute atomic E-state index is 12.3. The number of carbonyl (C=O) groups excluding carboxylic acids is 2. The summed E-state index contributed by atoms with van der Waals surface area (Å²) in [5, 5.41) is 3.33. The molecule has 0 spiro atoms. The normalized spacial score (nSPS) is 23.8. The number of esters is 1. The lowest BCUT2D eigenvalue weighted by atomic mass is 9.96. The molecule has 0 saturated carbocycles. The number of hydrogen-bond donors (Lipinski definition) is 1. The summed E-state index contributed by atoms with van der Waals surface area (Å²) in [6, 6.07) is -0.302. The number of nitrogens with one attached hydrogen (secondary N) is 1. The average Bonchev–Trinajstić information content (AvgIpc) is 2.43. The van der Waals surface area contributed by atoms with Crippen molar-refractivity contribution >= 4 is 12.1 Å². The lowest BCUT2D eigenvalue weighted by molar-refractivity contribution is -0.143. The highest BCUT2D eigenvalue weighted by atomic mass is 16.6. The van der Waals surface area contributed by atoms with Gasteiger partial charge >= 0.3 is 12.1 Å². The Labute approximate surface area is 133 Å². The van der Waals surface area contributed by atoms with E-state index in [1.165, 1.54) is 7.11 Å². The van der Waals surface area contributed by atoms with Gasteiger partial charge < -0.3 is 14.4 Å². The minimum Gasteiger partial charge on any atom is -0.468 e. The second kappa shape index (κ2) is 7.81. The molecule has 0 aromatic heterocycles. The number of hydrogen-bond acceptors (Lipinski definition) is 5. The van der Waals surface area contributed by atoms with Gasteiger partial charge in [0.05, 0.1) is 7.11 Å². The van der Waals surface area contributed by atoms with Crippen molar-refractivity contribution in [2.45, 2.75) is 77.6 Å². The number of nitrogens with zero attached hydrogens (tertiary/aromatic N) is 1. The third-order valence-electron chi connectivity index (χ3n) is 3.93. The number of rotatable bonds is 4. The maximum atomic E-state index is 12.3. The molecule has 0 radical (unpaired) electrons. The zero-order valence-electron chi connectivity index (χ0n) is 14.6. The van der Waals surface area contributed by atoms with Gasteiger partial charge in [-0.05, 0) is 47.0 Å². The van der Waals surface area contributed by atoms with E-state index < -0.39 is 5.60 Å². The van der Waals surface area contributed by atoms with E-state index in [1.807, 2.05) is 34.6 Å². The molecular weight excluding hydrogens is 284 g/mol. The minimum atomic E-state index is -0.505. The molecule has 1 aliphatic heterocycles. The molecule has 1 saturated heterocycles. The molecule has 22 heavy (non-hydrogen) atoms. The molecule has 1 amide bonds. The molecule has 6 heteroatoms. The van der Waals surface area contributed by atoms with Crippen LogP contribution in [0.1, 0.15) is 53.9 Å². The minimum absolute atomic E-state index is 0.0256. The summed E-state index contributed by atoms with van der Waals surface area (Å²) in [5.41, 5.74) is -0.505. The predicted molar refractivity (Wildman–Crippen MR) is 84.7 cm³/mol. The van der Waals surface area contributed by atoms with Crippen molar-refractivity contribution in [1.29, 1.82) is 0 Å². The van der Waals surface area contributed by atoms with Gasteiger partial charge in [0.15, 0.2) is 0 Å². The van der Waals surface area contributed by atoms with Crippen molar-refractivity contribution in [3.05, 3.63) is 0 Å². The summed E-state index contributed by atoms with van der Waals surface area (Å²) in [6.45, 7) is 10.2. The highest BCUT2D eigenvalue weighted by molar-refractivity contribution is 5.75. The number of piperidine rings is 1. The standard InChI is InChI=1S/C16H30N2O4/c1-7-12(14(19)21-6)17-13-9-8-10-18(11(13)2)15(20)22-16(3,4)5/h11-13,17H,7-10H2,1-6H3. The summed E-state index contributed by atoms with van der Waals surface area (Å²) in [6.07, 6.45) is 2.17. The van der Waals surface area contributed by atoms with Gasteiger partial charge in [0.2, 0.25) is 0 Å². The van der Waals surface area contributed by atoms with Crippen LogP contribution in [0, 0.1) is 0 Å². The van der Waals surface area contributed by atoms with Gasteiger partial charge in [0.25, 0.3) is 0 Å². The topological polar surface area (TPSA) is 67.9 Å². The zero-order chi connectivity index (χ0) is 16.9. The van der Waals surface area contributed by atoms with Crippen molar-refractivity contribution in [2.24, 2.45) is 0 Å². The van der Waals surface area contributed by atoms with Crippen LogP contribution >= 0.6 is 0 Å². The Morgan fingerprint density at radius 3 is 2.50 bits per heavy atom. The van der Waals surface area contributed by atoms with Crippen LogP contribution in [0.2, 0.25) is 0 Å². The number of methoxy groups -OCH3 is 1. The third kappa shape index (κ3) is 5.16. The lowest BCUT2D eigenvalue weighted by Gasteiger charge is -2.41. The molecule has 1 rings (SSSR count). The fourth-order valence-corrected chi connectivity index (χ4v) is 2.70. The fraction of sp³-hybridized carbons (Fsp3) is 0.875. The van der Waals surface area contributed by atoms with Crippen LogP contribution < -0.4 is 5.32 Å². The summed E-state index contributed by atoms with van der Waals surface area (Å²) < 4.78 is 10.3. The quantitative estimate of drug-likeness (QED) is 0.807. The smallest absolute Gasteiger partial charge is 0.410 e. The van der Waals surface area contributed by atoms with Crippen LogP contribution in [0.25, 0.3) is 0 Å². The van der Waals surface area contributed by atoms with Crippen LogP contribution in [0.3, 0.4) is 0 Å². The first kappa shape index (κ1) is 18.7. The van der Waals surface area contributed by atoms with Gasteiger partial charge in [-0.25, -0.2) is 4.79 Å². The van der Waals surface area contributed by atoms with Gasteiger partial charge in [0, 0.05) is 18.6 Å². The molecule has 1 fully saturated rings. The Morgan fingerprint density at radius 2 is 2.00 bits per heavy atom. The summed E-state index contributed by atoms with van der Waals surface area (Å²) in [7, 11) is 1.39. The summed E-state index contributed by atoms with van der Waals surface area (Å²) >= 11 is 0. The van der Waals surface area contributed by atoms with E-state index in [9.17, 15) is 9.59 Å². The third-order valence-corrected chi connectivity index (χ3v) is 3.93. The Hall–Kier alpha value is -1.30. The molecule has 1 N–H and O–H groups in total.